The number of benzene rings is 1. The van der Waals surface area contributed by atoms with E-state index in [1.807, 2.05) is 30.3 Å². The number of carbonyl (C=O) groups excluding carboxylic acids is 2. The van der Waals surface area contributed by atoms with Crippen LogP contribution in [-0.4, -0.2) is 12.7 Å². The Bertz CT molecular complexity index is 355. The van der Waals surface area contributed by atoms with E-state index in [2.05, 4.69) is 5.32 Å². The van der Waals surface area contributed by atoms with Crippen molar-refractivity contribution in [2.45, 2.75) is 6.92 Å². The molecular formula is C11H11NO2. The van der Waals surface area contributed by atoms with E-state index in [0.29, 0.717) is 18.4 Å². The summed E-state index contributed by atoms with van der Waals surface area (Å²) >= 11 is 0. The van der Waals surface area contributed by atoms with Crippen molar-refractivity contribution in [3.63, 3.8) is 0 Å². The number of hydrogen-bond acceptors (Lipinski definition) is 2. The summed E-state index contributed by atoms with van der Waals surface area (Å²) in [5, 5.41) is 2.36. The van der Waals surface area contributed by atoms with Crippen LogP contribution in [0.5, 0.6) is 0 Å². The van der Waals surface area contributed by atoms with Gasteiger partial charge in [0.2, 0.25) is 6.41 Å². The summed E-state index contributed by atoms with van der Waals surface area (Å²) < 4.78 is 0. The number of carbonyl (C=O) groups is 2. The minimum atomic E-state index is 0.297. The molecule has 1 rings (SSSR count). The molecule has 72 valence electrons. The summed E-state index contributed by atoms with van der Waals surface area (Å²) in [7, 11) is 0. The Kier molecular flexibility index (Phi) is 3.61. The van der Waals surface area contributed by atoms with Gasteiger partial charge in [0.15, 0.2) is 6.29 Å². The number of nitrogens with one attached hydrogen (secondary N) is 1. The molecular weight excluding hydrogens is 178 g/mol. The summed E-state index contributed by atoms with van der Waals surface area (Å²) in [5.74, 6) is 0. The van der Waals surface area contributed by atoms with Crippen molar-refractivity contribution in [1.29, 1.82) is 0 Å². The molecule has 0 spiro atoms. The first-order chi connectivity index (χ1) is 6.79. The van der Waals surface area contributed by atoms with E-state index >= 15 is 0 Å². The van der Waals surface area contributed by atoms with Gasteiger partial charge in [-0.1, -0.05) is 30.3 Å². The molecule has 14 heavy (non-hydrogen) atoms. The summed E-state index contributed by atoms with van der Waals surface area (Å²) in [4.78, 5) is 20.8. The quantitative estimate of drug-likeness (QED) is 0.574. The first-order valence-electron chi connectivity index (χ1n) is 4.21. The van der Waals surface area contributed by atoms with Gasteiger partial charge in [0.25, 0.3) is 0 Å². The van der Waals surface area contributed by atoms with Crippen LogP contribution in [-0.2, 0) is 9.59 Å². The van der Waals surface area contributed by atoms with Crippen molar-refractivity contribution in [3.05, 3.63) is 41.6 Å². The maximum atomic E-state index is 10.6. The van der Waals surface area contributed by atoms with Gasteiger partial charge in [-0.05, 0) is 18.1 Å². The highest BCUT2D eigenvalue weighted by atomic mass is 16.1. The van der Waals surface area contributed by atoms with E-state index in [0.717, 1.165) is 11.1 Å². The van der Waals surface area contributed by atoms with E-state index in [-0.39, 0.29) is 0 Å². The molecule has 0 atom stereocenters. The van der Waals surface area contributed by atoms with E-state index in [1.165, 1.54) is 0 Å². The average Bonchev–Trinajstić information content (AvgIpc) is 2.26. The Morgan fingerprint density at radius 3 is 2.36 bits per heavy atom. The molecule has 0 aliphatic heterocycles. The van der Waals surface area contributed by atoms with Gasteiger partial charge in [0, 0.05) is 0 Å². The van der Waals surface area contributed by atoms with Crippen LogP contribution < -0.4 is 5.32 Å². The Hall–Kier alpha value is -1.90. The molecule has 0 aromatic heterocycles. The monoisotopic (exact) mass is 189 g/mol. The number of allylic oxidation sites excluding steroid dienone is 2. The van der Waals surface area contributed by atoms with Crippen LogP contribution in [0.2, 0.25) is 0 Å². The zero-order valence-corrected chi connectivity index (χ0v) is 7.86. The van der Waals surface area contributed by atoms with Crippen molar-refractivity contribution in [2.75, 3.05) is 0 Å². The van der Waals surface area contributed by atoms with Crippen LogP contribution in [0.15, 0.2) is 36.0 Å². The second kappa shape index (κ2) is 4.97. The second-order valence-corrected chi connectivity index (χ2v) is 2.78. The van der Waals surface area contributed by atoms with Crippen LogP contribution >= 0.6 is 0 Å². The predicted octanol–water partition coefficient (Wildman–Crippen LogP) is 1.36. The fraction of sp³-hybridized carbons (Fsp3) is 0.0909. The molecule has 0 fully saturated rings. The van der Waals surface area contributed by atoms with E-state index < -0.39 is 0 Å². The van der Waals surface area contributed by atoms with Gasteiger partial charge in [0.1, 0.15) is 0 Å². The highest BCUT2D eigenvalue weighted by Gasteiger charge is 2.01. The first kappa shape index (κ1) is 10.2. The maximum absolute atomic E-state index is 10.6. The molecule has 1 amide bonds. The van der Waals surface area contributed by atoms with Crippen LogP contribution in [0.25, 0.3) is 5.57 Å². The van der Waals surface area contributed by atoms with Crippen LogP contribution in [0.3, 0.4) is 0 Å². The lowest BCUT2D eigenvalue weighted by Gasteiger charge is -2.04. The lowest BCUT2D eigenvalue weighted by atomic mass is 10.1. The molecule has 0 unspecified atom stereocenters. The smallest absolute Gasteiger partial charge is 0.211 e. The van der Waals surface area contributed by atoms with Crippen molar-refractivity contribution in [3.8, 4) is 0 Å². The van der Waals surface area contributed by atoms with E-state index in [1.54, 1.807) is 6.92 Å². The predicted molar refractivity (Wildman–Crippen MR) is 54.3 cm³/mol. The molecule has 0 saturated carbocycles. The topological polar surface area (TPSA) is 46.2 Å². The Labute approximate surface area is 82.4 Å². The highest BCUT2D eigenvalue weighted by Crippen LogP contribution is 2.14. The maximum Gasteiger partial charge on any atom is 0.211 e. The average molecular weight is 189 g/mol. The molecule has 0 aliphatic rings. The fourth-order valence-electron chi connectivity index (χ4n) is 1.14. The summed E-state index contributed by atoms with van der Waals surface area (Å²) in [6, 6.07) is 9.41. The van der Waals surface area contributed by atoms with Gasteiger partial charge in [-0.15, -0.1) is 0 Å². The summed E-state index contributed by atoms with van der Waals surface area (Å²) in [5.41, 5.74) is 1.97. The number of aldehydes is 1. The molecule has 3 nitrogen and oxygen atoms in total. The van der Waals surface area contributed by atoms with Crippen molar-refractivity contribution >= 4 is 18.3 Å². The van der Waals surface area contributed by atoms with Crippen LogP contribution in [0.1, 0.15) is 12.5 Å². The van der Waals surface area contributed by atoms with Gasteiger partial charge in [-0.25, -0.2) is 0 Å². The van der Waals surface area contributed by atoms with Gasteiger partial charge in [-0.2, -0.15) is 0 Å². The molecule has 1 aromatic carbocycles. The molecule has 0 saturated heterocycles. The van der Waals surface area contributed by atoms with Gasteiger partial charge >= 0.3 is 0 Å². The lowest BCUT2D eigenvalue weighted by molar-refractivity contribution is -0.111. The third kappa shape index (κ3) is 2.29. The lowest BCUT2D eigenvalue weighted by Crippen LogP contribution is -2.12. The highest BCUT2D eigenvalue weighted by molar-refractivity contribution is 5.89. The minimum Gasteiger partial charge on any atom is -0.326 e. The molecule has 3 heteroatoms. The third-order valence-electron chi connectivity index (χ3n) is 1.94. The van der Waals surface area contributed by atoms with Gasteiger partial charge < -0.3 is 5.32 Å². The molecule has 0 radical (unpaired) electrons. The summed E-state index contributed by atoms with van der Waals surface area (Å²) in [6.45, 7) is 1.79. The molecule has 0 heterocycles. The minimum absolute atomic E-state index is 0.297. The Morgan fingerprint density at radius 1 is 1.21 bits per heavy atom. The van der Waals surface area contributed by atoms with Crippen molar-refractivity contribution < 1.29 is 9.59 Å². The SMILES string of the molecule is CC(=C(C=O)NC=O)c1ccccc1. The third-order valence-corrected chi connectivity index (χ3v) is 1.94. The largest absolute Gasteiger partial charge is 0.326 e. The molecule has 1 aromatic rings. The molecule has 0 bridgehead atoms. The van der Waals surface area contributed by atoms with Gasteiger partial charge in [0.05, 0.1) is 5.70 Å². The standard InChI is InChI=1S/C11H11NO2/c1-9(11(7-13)12-8-14)10-5-3-2-4-6-10/h2-8H,1H3,(H,12,14). The normalized spacial score (nSPS) is 11.5. The summed E-state index contributed by atoms with van der Waals surface area (Å²) in [6.07, 6.45) is 1.13. The number of rotatable bonds is 4. The number of amides is 1. The van der Waals surface area contributed by atoms with E-state index in [4.69, 9.17) is 0 Å². The Balaban J connectivity index is 3.07. The zero-order chi connectivity index (χ0) is 10.4. The Morgan fingerprint density at radius 2 is 1.86 bits per heavy atom. The zero-order valence-electron chi connectivity index (χ0n) is 7.86. The second-order valence-electron chi connectivity index (χ2n) is 2.78. The van der Waals surface area contributed by atoms with Crippen molar-refractivity contribution in [2.24, 2.45) is 0 Å². The van der Waals surface area contributed by atoms with E-state index in [9.17, 15) is 9.59 Å². The fourth-order valence-corrected chi connectivity index (χ4v) is 1.14. The first-order valence-corrected chi connectivity index (χ1v) is 4.21. The number of hydrogen-bond donors (Lipinski definition) is 1. The van der Waals surface area contributed by atoms with Crippen LogP contribution in [0, 0.1) is 0 Å². The van der Waals surface area contributed by atoms with Gasteiger partial charge in [-0.3, -0.25) is 9.59 Å². The van der Waals surface area contributed by atoms with Crippen LogP contribution in [0.4, 0.5) is 0 Å². The molecule has 0 aliphatic carbocycles. The van der Waals surface area contributed by atoms with Crippen molar-refractivity contribution in [1.82, 2.24) is 5.32 Å². The molecule has 1 N–H and O–H groups in total.